The molecule has 1 saturated heterocycles. The van der Waals surface area contributed by atoms with Crippen LogP contribution in [0.5, 0.6) is 0 Å². The van der Waals surface area contributed by atoms with Gasteiger partial charge in [0.2, 0.25) is 0 Å². The van der Waals surface area contributed by atoms with Crippen molar-refractivity contribution in [3.8, 4) is 0 Å². The fraction of sp³-hybridized carbons (Fsp3) is 0.391. The number of nitrogens with two attached hydrogens (primary N) is 1. The van der Waals surface area contributed by atoms with E-state index in [2.05, 4.69) is 30.7 Å². The molecule has 150 valence electrons. The van der Waals surface area contributed by atoms with Crippen molar-refractivity contribution in [3.05, 3.63) is 59.8 Å². The number of aromatic nitrogens is 3. The Hall–Kier alpha value is -3.02. The lowest BCUT2D eigenvalue weighted by atomic mass is 9.92. The fourth-order valence-corrected chi connectivity index (χ4v) is 3.87. The number of rotatable bonds is 2. The molecule has 0 saturated carbocycles. The van der Waals surface area contributed by atoms with Crippen LogP contribution in [0.1, 0.15) is 61.4 Å². The van der Waals surface area contributed by atoms with Crippen molar-refractivity contribution in [1.29, 1.82) is 0 Å². The Morgan fingerprint density at radius 1 is 1.17 bits per heavy atom. The van der Waals surface area contributed by atoms with E-state index < -0.39 is 0 Å². The Labute approximate surface area is 171 Å². The lowest BCUT2D eigenvalue weighted by molar-refractivity contribution is 0.0705. The van der Waals surface area contributed by atoms with E-state index in [9.17, 15) is 4.79 Å². The second kappa shape index (κ2) is 7.43. The first-order valence-electron chi connectivity index (χ1n) is 10.1. The average molecular weight is 390 g/mol. The minimum Gasteiger partial charge on any atom is -0.397 e. The van der Waals surface area contributed by atoms with E-state index in [1.54, 1.807) is 12.4 Å². The lowest BCUT2D eigenvalue weighted by Gasteiger charge is -2.33. The molecular weight excluding hydrogens is 362 g/mol. The molecule has 4 rings (SSSR count). The van der Waals surface area contributed by atoms with Crippen molar-refractivity contribution in [1.82, 2.24) is 19.9 Å². The molecule has 0 aliphatic carbocycles. The van der Waals surface area contributed by atoms with Crippen molar-refractivity contribution < 1.29 is 4.79 Å². The number of fused-ring (bicyclic) bond motifs is 1. The SMILES string of the molecule is CC(C)(C)c1ncc(C(=O)N2CCC[C@@H](c3nc4ccccc4cc3N)C2)cn1. The summed E-state index contributed by atoms with van der Waals surface area (Å²) in [5.74, 6) is 0.834. The predicted octanol–water partition coefficient (Wildman–Crippen LogP) is 3.92. The van der Waals surface area contributed by atoms with Crippen LogP contribution < -0.4 is 5.73 Å². The van der Waals surface area contributed by atoms with E-state index in [0.717, 1.165) is 41.8 Å². The number of piperidine rings is 1. The molecule has 1 aromatic carbocycles. The third-order valence-corrected chi connectivity index (χ3v) is 5.45. The number of pyridine rings is 1. The predicted molar refractivity (Wildman–Crippen MR) is 115 cm³/mol. The first-order valence-corrected chi connectivity index (χ1v) is 10.1. The topological polar surface area (TPSA) is 85.0 Å². The van der Waals surface area contributed by atoms with Gasteiger partial charge in [0, 0.05) is 42.2 Å². The van der Waals surface area contributed by atoms with Crippen LogP contribution >= 0.6 is 0 Å². The van der Waals surface area contributed by atoms with Crippen LogP contribution in [-0.2, 0) is 5.41 Å². The van der Waals surface area contributed by atoms with Gasteiger partial charge in [-0.25, -0.2) is 9.97 Å². The van der Waals surface area contributed by atoms with Crippen molar-refractivity contribution >= 4 is 22.5 Å². The zero-order chi connectivity index (χ0) is 20.6. The highest BCUT2D eigenvalue weighted by Crippen LogP contribution is 2.32. The van der Waals surface area contributed by atoms with Crippen molar-refractivity contribution in [3.63, 3.8) is 0 Å². The Kier molecular flexibility index (Phi) is 4.94. The van der Waals surface area contributed by atoms with Gasteiger partial charge >= 0.3 is 0 Å². The maximum atomic E-state index is 13.0. The van der Waals surface area contributed by atoms with Crippen LogP contribution in [0.2, 0.25) is 0 Å². The van der Waals surface area contributed by atoms with E-state index in [-0.39, 0.29) is 17.2 Å². The maximum absolute atomic E-state index is 13.0. The third kappa shape index (κ3) is 3.92. The van der Waals surface area contributed by atoms with Crippen LogP contribution in [0.15, 0.2) is 42.7 Å². The number of likely N-dealkylation sites (tertiary alicyclic amines) is 1. The van der Waals surface area contributed by atoms with Gasteiger partial charge in [0.05, 0.1) is 22.5 Å². The molecule has 1 fully saturated rings. The molecule has 1 amide bonds. The summed E-state index contributed by atoms with van der Waals surface area (Å²) >= 11 is 0. The zero-order valence-electron chi connectivity index (χ0n) is 17.2. The Morgan fingerprint density at radius 2 is 1.90 bits per heavy atom. The van der Waals surface area contributed by atoms with Gasteiger partial charge in [-0.15, -0.1) is 0 Å². The molecule has 0 spiro atoms. The number of hydrogen-bond donors (Lipinski definition) is 1. The number of benzene rings is 1. The highest BCUT2D eigenvalue weighted by atomic mass is 16.2. The highest BCUT2D eigenvalue weighted by Gasteiger charge is 2.28. The van der Waals surface area contributed by atoms with Crippen LogP contribution in [0.25, 0.3) is 10.9 Å². The molecule has 3 aromatic rings. The minimum atomic E-state index is -0.142. The Bertz CT molecular complexity index is 1040. The van der Waals surface area contributed by atoms with Crippen molar-refractivity contribution in [2.24, 2.45) is 0 Å². The number of amides is 1. The third-order valence-electron chi connectivity index (χ3n) is 5.45. The summed E-state index contributed by atoms with van der Waals surface area (Å²) in [6, 6.07) is 9.96. The first-order chi connectivity index (χ1) is 13.8. The van der Waals surface area contributed by atoms with Crippen LogP contribution in [-0.4, -0.2) is 38.8 Å². The molecule has 29 heavy (non-hydrogen) atoms. The van der Waals surface area contributed by atoms with Gasteiger partial charge < -0.3 is 10.6 Å². The van der Waals surface area contributed by atoms with E-state index in [1.165, 1.54) is 0 Å². The number of para-hydroxylation sites is 1. The average Bonchev–Trinajstić information content (AvgIpc) is 2.72. The second-order valence-corrected chi connectivity index (χ2v) is 8.79. The molecule has 0 radical (unpaired) electrons. The number of hydrogen-bond acceptors (Lipinski definition) is 5. The molecule has 6 heteroatoms. The Morgan fingerprint density at radius 3 is 2.62 bits per heavy atom. The van der Waals surface area contributed by atoms with Crippen LogP contribution in [0.4, 0.5) is 5.69 Å². The summed E-state index contributed by atoms with van der Waals surface area (Å²) in [5, 5.41) is 1.04. The monoisotopic (exact) mass is 389 g/mol. The van der Waals surface area contributed by atoms with Crippen LogP contribution in [0.3, 0.4) is 0 Å². The largest absolute Gasteiger partial charge is 0.397 e. The van der Waals surface area contributed by atoms with Gasteiger partial charge in [-0.05, 0) is 25.0 Å². The summed E-state index contributed by atoms with van der Waals surface area (Å²) < 4.78 is 0. The van der Waals surface area contributed by atoms with Crippen molar-refractivity contribution in [2.75, 3.05) is 18.8 Å². The standard InChI is InChI=1S/C23H27N5O/c1-23(2,3)22-25-12-17(13-26-22)21(29)28-10-6-8-16(14-28)20-18(24)11-15-7-4-5-9-19(15)27-20/h4-5,7,9,11-13,16H,6,8,10,14,24H2,1-3H3/t16-/m1/s1. The second-order valence-electron chi connectivity index (χ2n) is 8.79. The molecule has 1 atom stereocenters. The Balaban J connectivity index is 1.55. The summed E-state index contributed by atoms with van der Waals surface area (Å²) in [4.78, 5) is 28.5. The van der Waals surface area contributed by atoms with Gasteiger partial charge in [-0.3, -0.25) is 9.78 Å². The molecule has 3 heterocycles. The molecule has 0 unspecified atom stereocenters. The number of anilines is 1. The van der Waals surface area contributed by atoms with Crippen molar-refractivity contribution in [2.45, 2.75) is 44.9 Å². The number of carbonyl (C=O) groups excluding carboxylic acids is 1. The van der Waals surface area contributed by atoms with Crippen LogP contribution in [0, 0.1) is 0 Å². The zero-order valence-corrected chi connectivity index (χ0v) is 17.2. The minimum absolute atomic E-state index is 0.0329. The van der Waals surface area contributed by atoms with Gasteiger partial charge in [0.25, 0.3) is 5.91 Å². The molecule has 1 aliphatic heterocycles. The van der Waals surface area contributed by atoms with E-state index >= 15 is 0 Å². The maximum Gasteiger partial charge on any atom is 0.257 e. The number of nitrogen functional groups attached to an aromatic ring is 1. The quantitative estimate of drug-likeness (QED) is 0.718. The van der Waals surface area contributed by atoms with Gasteiger partial charge in [0.15, 0.2) is 0 Å². The molecule has 6 nitrogen and oxygen atoms in total. The summed E-state index contributed by atoms with van der Waals surface area (Å²) in [7, 11) is 0. The van der Waals surface area contributed by atoms with E-state index in [1.807, 2.05) is 35.2 Å². The van der Waals surface area contributed by atoms with Gasteiger partial charge in [-0.1, -0.05) is 39.0 Å². The first kappa shape index (κ1) is 19.3. The molecule has 0 bridgehead atoms. The van der Waals surface area contributed by atoms with E-state index in [0.29, 0.717) is 17.8 Å². The molecular formula is C23H27N5O. The fourth-order valence-electron chi connectivity index (χ4n) is 3.87. The van der Waals surface area contributed by atoms with Gasteiger partial charge in [-0.2, -0.15) is 0 Å². The highest BCUT2D eigenvalue weighted by molar-refractivity contribution is 5.93. The molecule has 2 N–H and O–H groups in total. The van der Waals surface area contributed by atoms with E-state index in [4.69, 9.17) is 10.7 Å². The summed E-state index contributed by atoms with van der Waals surface area (Å²) in [5.41, 5.74) is 9.23. The van der Waals surface area contributed by atoms with Gasteiger partial charge in [0.1, 0.15) is 5.82 Å². The number of nitrogens with zero attached hydrogens (tertiary/aromatic N) is 4. The molecule has 2 aromatic heterocycles. The molecule has 1 aliphatic rings. The smallest absolute Gasteiger partial charge is 0.257 e. The summed E-state index contributed by atoms with van der Waals surface area (Å²) in [6.45, 7) is 7.50. The lowest BCUT2D eigenvalue weighted by Crippen LogP contribution is -2.39. The normalized spacial score (nSPS) is 17.5. The number of carbonyl (C=O) groups is 1. The summed E-state index contributed by atoms with van der Waals surface area (Å²) in [6.07, 6.45) is 5.17.